The highest BCUT2D eigenvalue weighted by atomic mass is 16.5. The second kappa shape index (κ2) is 6.19. The zero-order chi connectivity index (χ0) is 15.4. The van der Waals surface area contributed by atoms with E-state index in [1.165, 1.54) is 6.07 Å². The second-order valence-corrected chi connectivity index (χ2v) is 4.34. The lowest BCUT2D eigenvalue weighted by atomic mass is 10.2. The predicted octanol–water partition coefficient (Wildman–Crippen LogP) is -0.208. The van der Waals surface area contributed by atoms with Crippen LogP contribution in [0.2, 0.25) is 0 Å². The number of pyridine rings is 1. The topological polar surface area (TPSA) is 108 Å². The third-order valence-electron chi connectivity index (χ3n) is 2.91. The summed E-state index contributed by atoms with van der Waals surface area (Å²) in [6.45, 7) is -0.305. The molecule has 0 bridgehead atoms. The lowest BCUT2D eigenvalue weighted by molar-refractivity contribution is -0.149. The molecule has 1 aromatic heterocycles. The first-order chi connectivity index (χ1) is 10.0. The number of carbonyl (C=O) groups is 2. The SMILES string of the molecule is COC(=O)C(O)CNC(=O)c1cc(=O)c2ccccc2[nH]1. The van der Waals surface area contributed by atoms with Gasteiger partial charge in [-0.25, -0.2) is 4.79 Å². The van der Waals surface area contributed by atoms with Crippen molar-refractivity contribution in [2.24, 2.45) is 0 Å². The molecular formula is C14H14N2O5. The van der Waals surface area contributed by atoms with Gasteiger partial charge in [0.1, 0.15) is 5.69 Å². The Morgan fingerprint density at radius 1 is 1.38 bits per heavy atom. The first kappa shape index (κ1) is 14.7. The molecule has 1 aromatic carbocycles. The number of aliphatic hydroxyl groups is 1. The number of benzene rings is 1. The molecule has 110 valence electrons. The average Bonchev–Trinajstić information content (AvgIpc) is 2.51. The second-order valence-electron chi connectivity index (χ2n) is 4.34. The smallest absolute Gasteiger partial charge is 0.336 e. The van der Waals surface area contributed by atoms with Crippen LogP contribution in [0.1, 0.15) is 10.5 Å². The predicted molar refractivity (Wildman–Crippen MR) is 74.9 cm³/mol. The van der Waals surface area contributed by atoms with Crippen molar-refractivity contribution >= 4 is 22.8 Å². The Morgan fingerprint density at radius 3 is 2.81 bits per heavy atom. The van der Waals surface area contributed by atoms with Crippen LogP contribution in [0.5, 0.6) is 0 Å². The third kappa shape index (κ3) is 3.26. The molecule has 1 atom stereocenters. The van der Waals surface area contributed by atoms with Gasteiger partial charge in [-0.2, -0.15) is 0 Å². The minimum Gasteiger partial charge on any atom is -0.467 e. The number of aromatic nitrogens is 1. The summed E-state index contributed by atoms with van der Waals surface area (Å²) in [7, 11) is 1.13. The van der Waals surface area contributed by atoms with Crippen LogP contribution >= 0.6 is 0 Å². The first-order valence-corrected chi connectivity index (χ1v) is 6.19. The quantitative estimate of drug-likeness (QED) is 0.675. The number of H-pyrrole nitrogens is 1. The van der Waals surface area contributed by atoms with Gasteiger partial charge in [0, 0.05) is 17.0 Å². The average molecular weight is 290 g/mol. The molecule has 0 spiro atoms. The highest BCUT2D eigenvalue weighted by molar-refractivity contribution is 5.95. The maximum atomic E-state index is 11.9. The van der Waals surface area contributed by atoms with Gasteiger partial charge < -0.3 is 20.1 Å². The number of methoxy groups -OCH3 is 1. The number of rotatable bonds is 4. The number of hydrogen-bond donors (Lipinski definition) is 3. The molecule has 0 saturated heterocycles. The first-order valence-electron chi connectivity index (χ1n) is 6.19. The van der Waals surface area contributed by atoms with Crippen molar-refractivity contribution in [3.05, 3.63) is 46.2 Å². The number of ether oxygens (including phenoxy) is 1. The largest absolute Gasteiger partial charge is 0.467 e. The Kier molecular flexibility index (Phi) is 4.34. The molecular weight excluding hydrogens is 276 g/mol. The summed E-state index contributed by atoms with van der Waals surface area (Å²) in [6, 6.07) is 7.96. The van der Waals surface area contributed by atoms with Gasteiger partial charge in [0.2, 0.25) is 0 Å². The van der Waals surface area contributed by atoms with Crippen LogP contribution in [0.3, 0.4) is 0 Å². The highest BCUT2D eigenvalue weighted by Crippen LogP contribution is 2.07. The van der Waals surface area contributed by atoms with Gasteiger partial charge in [0.25, 0.3) is 5.91 Å². The summed E-state index contributed by atoms with van der Waals surface area (Å²) < 4.78 is 4.33. The third-order valence-corrected chi connectivity index (χ3v) is 2.91. The fourth-order valence-corrected chi connectivity index (χ4v) is 1.82. The van der Waals surface area contributed by atoms with Gasteiger partial charge in [-0.05, 0) is 12.1 Å². The van der Waals surface area contributed by atoms with Crippen LogP contribution in [0.4, 0.5) is 0 Å². The van der Waals surface area contributed by atoms with Crippen LogP contribution in [-0.2, 0) is 9.53 Å². The summed E-state index contributed by atoms with van der Waals surface area (Å²) >= 11 is 0. The fourth-order valence-electron chi connectivity index (χ4n) is 1.82. The molecule has 3 N–H and O–H groups in total. The van der Waals surface area contributed by atoms with E-state index in [1.807, 2.05) is 0 Å². The molecule has 1 unspecified atom stereocenters. The Balaban J connectivity index is 2.17. The summed E-state index contributed by atoms with van der Waals surface area (Å²) in [6.07, 6.45) is -1.45. The molecule has 0 aliphatic carbocycles. The molecule has 21 heavy (non-hydrogen) atoms. The van der Waals surface area contributed by atoms with Gasteiger partial charge in [-0.3, -0.25) is 9.59 Å². The lowest BCUT2D eigenvalue weighted by Gasteiger charge is -2.10. The Labute approximate surface area is 119 Å². The number of para-hydroxylation sites is 1. The molecule has 7 nitrogen and oxygen atoms in total. The zero-order valence-electron chi connectivity index (χ0n) is 11.3. The molecule has 0 aliphatic rings. The standard InChI is InChI=1S/C14H14N2O5/c1-21-14(20)12(18)7-15-13(19)10-6-11(17)8-4-2-3-5-9(8)16-10/h2-6,12,18H,7H2,1H3,(H,15,19)(H,16,17). The van der Waals surface area contributed by atoms with Gasteiger partial charge in [-0.1, -0.05) is 12.1 Å². The molecule has 0 aliphatic heterocycles. The van der Waals surface area contributed by atoms with Crippen molar-refractivity contribution in [1.82, 2.24) is 10.3 Å². The molecule has 2 rings (SSSR count). The van der Waals surface area contributed by atoms with Crippen LogP contribution in [0, 0.1) is 0 Å². The van der Waals surface area contributed by atoms with Gasteiger partial charge in [0.05, 0.1) is 13.7 Å². The Morgan fingerprint density at radius 2 is 2.10 bits per heavy atom. The van der Waals surface area contributed by atoms with Crippen molar-refractivity contribution in [2.45, 2.75) is 6.10 Å². The van der Waals surface area contributed by atoms with E-state index in [0.717, 1.165) is 7.11 Å². The van der Waals surface area contributed by atoms with E-state index in [2.05, 4.69) is 15.0 Å². The molecule has 0 fully saturated rings. The van der Waals surface area contributed by atoms with Gasteiger partial charge in [0.15, 0.2) is 11.5 Å². The number of amides is 1. The maximum Gasteiger partial charge on any atom is 0.336 e. The van der Waals surface area contributed by atoms with Crippen LogP contribution in [-0.4, -0.2) is 41.7 Å². The number of fused-ring (bicyclic) bond motifs is 1. The summed E-state index contributed by atoms with van der Waals surface area (Å²) in [5, 5.41) is 12.2. The number of aliphatic hydroxyl groups excluding tert-OH is 1. The van der Waals surface area contributed by atoms with Crippen LogP contribution in [0.15, 0.2) is 35.1 Å². The molecule has 1 heterocycles. The van der Waals surface area contributed by atoms with E-state index in [9.17, 15) is 19.5 Å². The van der Waals surface area contributed by atoms with E-state index in [4.69, 9.17) is 0 Å². The lowest BCUT2D eigenvalue weighted by Crippen LogP contribution is -2.37. The summed E-state index contributed by atoms with van der Waals surface area (Å²) in [5.74, 6) is -1.44. The van der Waals surface area contributed by atoms with E-state index in [-0.39, 0.29) is 17.7 Å². The monoisotopic (exact) mass is 290 g/mol. The number of esters is 1. The van der Waals surface area contributed by atoms with Crippen molar-refractivity contribution < 1.29 is 19.4 Å². The summed E-state index contributed by atoms with van der Waals surface area (Å²) in [4.78, 5) is 37.6. The van der Waals surface area contributed by atoms with Crippen molar-refractivity contribution in [3.63, 3.8) is 0 Å². The van der Waals surface area contributed by atoms with E-state index in [1.54, 1.807) is 24.3 Å². The highest BCUT2D eigenvalue weighted by Gasteiger charge is 2.17. The molecule has 0 radical (unpaired) electrons. The van der Waals surface area contributed by atoms with E-state index < -0.39 is 18.0 Å². The Hall–Kier alpha value is -2.67. The number of carbonyl (C=O) groups excluding carboxylic acids is 2. The molecule has 0 saturated carbocycles. The number of hydrogen-bond acceptors (Lipinski definition) is 5. The molecule has 1 amide bonds. The Bertz CT molecular complexity index is 737. The number of nitrogens with one attached hydrogen (secondary N) is 2. The molecule has 7 heteroatoms. The van der Waals surface area contributed by atoms with Crippen molar-refractivity contribution in [2.75, 3.05) is 13.7 Å². The van der Waals surface area contributed by atoms with E-state index >= 15 is 0 Å². The minimum atomic E-state index is -1.45. The fraction of sp³-hybridized carbons (Fsp3) is 0.214. The van der Waals surface area contributed by atoms with Crippen molar-refractivity contribution in [1.29, 1.82) is 0 Å². The van der Waals surface area contributed by atoms with Crippen molar-refractivity contribution in [3.8, 4) is 0 Å². The van der Waals surface area contributed by atoms with E-state index in [0.29, 0.717) is 10.9 Å². The molecule has 2 aromatic rings. The summed E-state index contributed by atoms with van der Waals surface area (Å²) in [5.41, 5.74) is 0.294. The van der Waals surface area contributed by atoms with Gasteiger partial charge >= 0.3 is 5.97 Å². The number of aromatic amines is 1. The normalized spacial score (nSPS) is 11.9. The van der Waals surface area contributed by atoms with Gasteiger partial charge in [-0.15, -0.1) is 0 Å². The maximum absolute atomic E-state index is 11.9. The minimum absolute atomic E-state index is 0.0516. The van der Waals surface area contributed by atoms with Crippen LogP contribution in [0.25, 0.3) is 10.9 Å². The zero-order valence-corrected chi connectivity index (χ0v) is 11.3. The van der Waals surface area contributed by atoms with Crippen LogP contribution < -0.4 is 10.7 Å².